The summed E-state index contributed by atoms with van der Waals surface area (Å²) in [6.45, 7) is 7.56. The predicted octanol–water partition coefficient (Wildman–Crippen LogP) is 2.37. The molecular formula is C16H27N3OS. The molecule has 21 heavy (non-hydrogen) atoms. The topological polar surface area (TPSA) is 58.4 Å². The lowest BCUT2D eigenvalue weighted by Gasteiger charge is -2.37. The summed E-state index contributed by atoms with van der Waals surface area (Å²) >= 11 is 1.82. The Bertz CT molecular complexity index is 427. The number of likely N-dealkylation sites (tertiary alicyclic amines) is 1. The summed E-state index contributed by atoms with van der Waals surface area (Å²) < 4.78 is 0. The number of hydrogen-bond acceptors (Lipinski definition) is 4. The molecule has 0 saturated carbocycles. The number of carbonyl (C=O) groups is 1. The van der Waals surface area contributed by atoms with Crippen molar-refractivity contribution < 1.29 is 4.79 Å². The van der Waals surface area contributed by atoms with Gasteiger partial charge in [-0.25, -0.2) is 0 Å². The largest absolute Gasteiger partial charge is 0.370 e. The van der Waals surface area contributed by atoms with Crippen LogP contribution in [-0.4, -0.2) is 36.5 Å². The summed E-state index contributed by atoms with van der Waals surface area (Å²) in [7, 11) is 0. The predicted molar refractivity (Wildman–Crippen MR) is 88.3 cm³/mol. The molecule has 0 bridgehead atoms. The van der Waals surface area contributed by atoms with E-state index < -0.39 is 0 Å². The van der Waals surface area contributed by atoms with E-state index in [1.165, 1.54) is 17.7 Å². The summed E-state index contributed by atoms with van der Waals surface area (Å²) in [5.41, 5.74) is 5.27. The van der Waals surface area contributed by atoms with Crippen LogP contribution in [0.25, 0.3) is 0 Å². The molecule has 1 saturated heterocycles. The number of amides is 1. The molecule has 1 amide bonds. The number of nitrogens with two attached hydrogens (primary N) is 1. The molecular weight excluding hydrogens is 282 g/mol. The van der Waals surface area contributed by atoms with Crippen LogP contribution in [-0.2, 0) is 4.79 Å². The normalized spacial score (nSPS) is 20.3. The van der Waals surface area contributed by atoms with E-state index in [2.05, 4.69) is 34.7 Å². The second-order valence-electron chi connectivity index (χ2n) is 6.23. The number of primary amides is 1. The summed E-state index contributed by atoms with van der Waals surface area (Å²) in [4.78, 5) is 15.0. The molecule has 0 aliphatic carbocycles. The molecule has 1 aliphatic rings. The van der Waals surface area contributed by atoms with Gasteiger partial charge in [0.05, 0.1) is 6.04 Å². The molecule has 2 atom stereocenters. The van der Waals surface area contributed by atoms with Gasteiger partial charge in [-0.1, -0.05) is 13.0 Å². The van der Waals surface area contributed by atoms with Crippen molar-refractivity contribution in [3.05, 3.63) is 22.4 Å². The van der Waals surface area contributed by atoms with Gasteiger partial charge < -0.3 is 11.1 Å². The van der Waals surface area contributed by atoms with Gasteiger partial charge >= 0.3 is 0 Å². The van der Waals surface area contributed by atoms with Gasteiger partial charge in [0.25, 0.3) is 0 Å². The van der Waals surface area contributed by atoms with Gasteiger partial charge in [-0.2, -0.15) is 0 Å². The molecule has 1 aromatic heterocycles. The fourth-order valence-electron chi connectivity index (χ4n) is 2.92. The van der Waals surface area contributed by atoms with Gasteiger partial charge in [0.2, 0.25) is 5.91 Å². The first-order valence-corrected chi connectivity index (χ1v) is 8.73. The van der Waals surface area contributed by atoms with Gasteiger partial charge in [-0.05, 0) is 50.2 Å². The van der Waals surface area contributed by atoms with Crippen LogP contribution in [0.1, 0.15) is 44.0 Å². The summed E-state index contributed by atoms with van der Waals surface area (Å²) in [5.74, 6) is 0.599. The van der Waals surface area contributed by atoms with Crippen LogP contribution >= 0.6 is 11.3 Å². The van der Waals surface area contributed by atoms with E-state index >= 15 is 0 Å². The van der Waals surface area contributed by atoms with Gasteiger partial charge in [-0.15, -0.1) is 11.3 Å². The van der Waals surface area contributed by atoms with Crippen molar-refractivity contribution >= 4 is 17.2 Å². The Morgan fingerprint density at radius 3 is 2.81 bits per heavy atom. The van der Waals surface area contributed by atoms with Crippen LogP contribution < -0.4 is 11.1 Å². The molecule has 0 spiro atoms. The maximum absolute atomic E-state index is 11.0. The number of piperidine rings is 1. The van der Waals surface area contributed by atoms with Gasteiger partial charge in [0.15, 0.2) is 0 Å². The van der Waals surface area contributed by atoms with E-state index in [1.54, 1.807) is 0 Å². The highest BCUT2D eigenvalue weighted by Crippen LogP contribution is 2.29. The molecule has 0 unspecified atom stereocenters. The minimum absolute atomic E-state index is 0.133. The van der Waals surface area contributed by atoms with Gasteiger partial charge in [0, 0.05) is 23.9 Å². The van der Waals surface area contributed by atoms with Crippen LogP contribution in [0.5, 0.6) is 0 Å². The van der Waals surface area contributed by atoms with E-state index in [4.69, 9.17) is 5.73 Å². The average Bonchev–Trinajstić information content (AvgIpc) is 2.94. The van der Waals surface area contributed by atoms with Crippen LogP contribution in [0, 0.1) is 5.92 Å². The molecule has 0 radical (unpaired) electrons. The minimum Gasteiger partial charge on any atom is -0.370 e. The van der Waals surface area contributed by atoms with Gasteiger partial charge in [0.1, 0.15) is 0 Å². The number of rotatable bonds is 7. The highest BCUT2D eigenvalue weighted by molar-refractivity contribution is 7.10. The van der Waals surface area contributed by atoms with Crippen molar-refractivity contribution in [3.63, 3.8) is 0 Å². The van der Waals surface area contributed by atoms with E-state index in [-0.39, 0.29) is 11.9 Å². The van der Waals surface area contributed by atoms with Crippen molar-refractivity contribution in [2.75, 3.05) is 19.6 Å². The van der Waals surface area contributed by atoms with E-state index in [0.717, 1.165) is 25.6 Å². The molecule has 118 valence electrons. The van der Waals surface area contributed by atoms with Crippen molar-refractivity contribution in [1.29, 1.82) is 0 Å². The third kappa shape index (κ3) is 5.09. The lowest BCUT2D eigenvalue weighted by atomic mass is 9.97. The standard InChI is InChI=1S/C16H27N3OS/c1-12-5-7-19(8-6-12)14(15-4-3-9-21-15)11-18-13(2)10-16(17)20/h3-4,9,12-14,18H,5-8,10-11H2,1-2H3,(H2,17,20)/t13-,14+/m0/s1. The Kier molecular flexibility index (Phi) is 6.21. The van der Waals surface area contributed by atoms with E-state index in [0.29, 0.717) is 12.5 Å². The SMILES string of the molecule is CC1CCN([C@H](CN[C@@H](C)CC(N)=O)c2cccs2)CC1. The Hall–Kier alpha value is -0.910. The highest BCUT2D eigenvalue weighted by Gasteiger charge is 2.25. The monoisotopic (exact) mass is 309 g/mol. The molecule has 1 aromatic rings. The van der Waals surface area contributed by atoms with Crippen molar-refractivity contribution in [2.45, 2.75) is 45.2 Å². The molecule has 0 aromatic carbocycles. The molecule has 2 rings (SSSR count). The smallest absolute Gasteiger partial charge is 0.218 e. The Morgan fingerprint density at radius 1 is 1.52 bits per heavy atom. The first kappa shape index (κ1) is 16.5. The summed E-state index contributed by atoms with van der Waals surface area (Å²) in [5, 5.41) is 5.62. The number of hydrogen-bond donors (Lipinski definition) is 2. The zero-order valence-corrected chi connectivity index (χ0v) is 13.9. The van der Waals surface area contributed by atoms with Crippen LogP contribution in [0.15, 0.2) is 17.5 Å². The number of thiophene rings is 1. The Labute approximate surface area is 131 Å². The quantitative estimate of drug-likeness (QED) is 0.813. The maximum atomic E-state index is 11.0. The van der Waals surface area contributed by atoms with Gasteiger partial charge in [-0.3, -0.25) is 9.69 Å². The van der Waals surface area contributed by atoms with Crippen LogP contribution in [0.2, 0.25) is 0 Å². The molecule has 2 heterocycles. The molecule has 1 aliphatic heterocycles. The van der Waals surface area contributed by atoms with Crippen molar-refractivity contribution in [2.24, 2.45) is 11.7 Å². The first-order chi connectivity index (χ1) is 10.1. The molecule has 3 N–H and O–H groups in total. The molecule has 5 heteroatoms. The van der Waals surface area contributed by atoms with Crippen molar-refractivity contribution in [1.82, 2.24) is 10.2 Å². The van der Waals surface area contributed by atoms with Crippen LogP contribution in [0.4, 0.5) is 0 Å². The van der Waals surface area contributed by atoms with E-state index in [9.17, 15) is 4.79 Å². The summed E-state index contributed by atoms with van der Waals surface area (Å²) in [6, 6.07) is 4.88. The first-order valence-electron chi connectivity index (χ1n) is 7.85. The number of nitrogens with one attached hydrogen (secondary N) is 1. The second-order valence-corrected chi connectivity index (χ2v) is 7.21. The number of carbonyl (C=O) groups excluding carboxylic acids is 1. The fraction of sp³-hybridized carbons (Fsp3) is 0.688. The fourth-order valence-corrected chi connectivity index (χ4v) is 3.78. The Balaban J connectivity index is 1.95. The zero-order chi connectivity index (χ0) is 15.2. The minimum atomic E-state index is -0.241. The highest BCUT2D eigenvalue weighted by atomic mass is 32.1. The lowest BCUT2D eigenvalue weighted by molar-refractivity contribution is -0.118. The van der Waals surface area contributed by atoms with Crippen molar-refractivity contribution in [3.8, 4) is 0 Å². The zero-order valence-electron chi connectivity index (χ0n) is 13.0. The third-order valence-corrected chi connectivity index (χ3v) is 5.27. The third-order valence-electron chi connectivity index (χ3n) is 4.30. The number of nitrogens with zero attached hydrogens (tertiary/aromatic N) is 1. The van der Waals surface area contributed by atoms with E-state index in [1.807, 2.05) is 18.3 Å². The molecule has 4 nitrogen and oxygen atoms in total. The average molecular weight is 309 g/mol. The summed E-state index contributed by atoms with van der Waals surface area (Å²) in [6.07, 6.45) is 2.95. The lowest BCUT2D eigenvalue weighted by Crippen LogP contribution is -2.42. The second kappa shape index (κ2) is 7.92. The van der Waals surface area contributed by atoms with Crippen LogP contribution in [0.3, 0.4) is 0 Å². The molecule has 1 fully saturated rings. The Morgan fingerprint density at radius 2 is 2.24 bits per heavy atom. The maximum Gasteiger partial charge on any atom is 0.218 e.